The number of carbonyl (C=O) groups excluding carboxylic acids is 2. The zero-order valence-corrected chi connectivity index (χ0v) is 12.4. The maximum absolute atomic E-state index is 11.8. The van der Waals surface area contributed by atoms with Crippen molar-refractivity contribution in [3.8, 4) is 11.5 Å². The van der Waals surface area contributed by atoms with Crippen molar-refractivity contribution >= 4 is 11.9 Å². The van der Waals surface area contributed by atoms with Crippen LogP contribution in [0.3, 0.4) is 0 Å². The van der Waals surface area contributed by atoms with Crippen molar-refractivity contribution in [2.45, 2.75) is 32.7 Å². The van der Waals surface area contributed by atoms with Gasteiger partial charge in [-0.25, -0.2) is 0 Å². The van der Waals surface area contributed by atoms with Gasteiger partial charge in [-0.2, -0.15) is 0 Å². The number of benzene rings is 1. The summed E-state index contributed by atoms with van der Waals surface area (Å²) >= 11 is 0. The Morgan fingerprint density at radius 1 is 1.24 bits per heavy atom. The molecule has 0 saturated heterocycles. The minimum atomic E-state index is -0.434. The van der Waals surface area contributed by atoms with E-state index in [2.05, 4.69) is 10.1 Å². The van der Waals surface area contributed by atoms with E-state index in [1.54, 1.807) is 19.9 Å². The average Bonchev–Trinajstić information content (AvgIpc) is 2.42. The van der Waals surface area contributed by atoms with E-state index in [9.17, 15) is 19.8 Å². The van der Waals surface area contributed by atoms with Gasteiger partial charge in [0.1, 0.15) is 0 Å². The summed E-state index contributed by atoms with van der Waals surface area (Å²) in [5.41, 5.74) is 0.697. The molecular formula is C15H21NO5. The lowest BCUT2D eigenvalue weighted by molar-refractivity contribution is -0.141. The number of phenolic OH excluding ortho intramolecular Hbond substituents is 2. The number of hydrogen-bond donors (Lipinski definition) is 3. The van der Waals surface area contributed by atoms with Crippen LogP contribution in [-0.4, -0.2) is 35.2 Å². The molecule has 0 saturated carbocycles. The van der Waals surface area contributed by atoms with Crippen LogP contribution in [0.15, 0.2) is 18.2 Å². The Labute approximate surface area is 123 Å². The van der Waals surface area contributed by atoms with E-state index in [0.717, 1.165) is 0 Å². The lowest BCUT2D eigenvalue weighted by Gasteiger charge is -2.19. The topological polar surface area (TPSA) is 95.9 Å². The average molecular weight is 295 g/mol. The van der Waals surface area contributed by atoms with Gasteiger partial charge in [-0.1, -0.05) is 19.9 Å². The first-order valence-corrected chi connectivity index (χ1v) is 6.71. The summed E-state index contributed by atoms with van der Waals surface area (Å²) in [5.74, 6) is -1.23. The van der Waals surface area contributed by atoms with Crippen LogP contribution >= 0.6 is 0 Å². The summed E-state index contributed by atoms with van der Waals surface area (Å²) < 4.78 is 4.62. The highest BCUT2D eigenvalue weighted by Crippen LogP contribution is 2.25. The van der Waals surface area contributed by atoms with Crippen molar-refractivity contribution in [2.24, 2.45) is 5.92 Å². The third-order valence-electron chi connectivity index (χ3n) is 3.03. The monoisotopic (exact) mass is 295 g/mol. The Morgan fingerprint density at radius 3 is 2.43 bits per heavy atom. The van der Waals surface area contributed by atoms with Gasteiger partial charge < -0.3 is 20.3 Å². The van der Waals surface area contributed by atoms with Gasteiger partial charge >= 0.3 is 5.97 Å². The van der Waals surface area contributed by atoms with E-state index in [0.29, 0.717) is 12.0 Å². The molecule has 3 N–H and O–H groups in total. The molecule has 6 nitrogen and oxygen atoms in total. The first kappa shape index (κ1) is 16.8. The predicted molar refractivity (Wildman–Crippen MR) is 76.9 cm³/mol. The Morgan fingerprint density at radius 2 is 1.90 bits per heavy atom. The third-order valence-corrected chi connectivity index (χ3v) is 3.03. The molecule has 1 aromatic rings. The fourth-order valence-electron chi connectivity index (χ4n) is 1.81. The number of methoxy groups -OCH3 is 1. The number of aromatic hydroxyl groups is 2. The molecule has 0 heterocycles. The number of ether oxygens (including phenoxy) is 1. The van der Waals surface area contributed by atoms with Gasteiger partial charge in [-0.15, -0.1) is 0 Å². The van der Waals surface area contributed by atoms with Crippen LogP contribution < -0.4 is 5.32 Å². The smallest absolute Gasteiger partial charge is 0.307 e. The minimum Gasteiger partial charge on any atom is -0.504 e. The molecule has 1 atom stereocenters. The number of phenols is 2. The van der Waals surface area contributed by atoms with Gasteiger partial charge in [0.05, 0.1) is 13.5 Å². The number of carbonyl (C=O) groups is 2. The summed E-state index contributed by atoms with van der Waals surface area (Å²) in [7, 11) is 1.29. The van der Waals surface area contributed by atoms with Crippen molar-refractivity contribution < 1.29 is 24.5 Å². The van der Waals surface area contributed by atoms with E-state index in [4.69, 9.17) is 0 Å². The molecular weight excluding hydrogens is 274 g/mol. The largest absolute Gasteiger partial charge is 0.504 e. The van der Waals surface area contributed by atoms with Gasteiger partial charge in [0.25, 0.3) is 0 Å². The van der Waals surface area contributed by atoms with Crippen molar-refractivity contribution in [1.82, 2.24) is 5.32 Å². The van der Waals surface area contributed by atoms with Crippen LogP contribution in [0.4, 0.5) is 0 Å². The SMILES string of the molecule is COC(=O)CC(Cc1ccc(O)c(O)c1)NC(=O)C(C)C. The molecule has 1 amide bonds. The highest BCUT2D eigenvalue weighted by molar-refractivity contribution is 5.79. The number of nitrogens with one attached hydrogen (secondary N) is 1. The second kappa shape index (κ2) is 7.52. The molecule has 1 rings (SSSR count). The van der Waals surface area contributed by atoms with Crippen LogP contribution in [0, 0.1) is 5.92 Å². The highest BCUT2D eigenvalue weighted by atomic mass is 16.5. The normalized spacial score (nSPS) is 12.0. The van der Waals surface area contributed by atoms with Crippen LogP contribution in [0.1, 0.15) is 25.8 Å². The van der Waals surface area contributed by atoms with Crippen molar-refractivity contribution in [3.63, 3.8) is 0 Å². The van der Waals surface area contributed by atoms with Gasteiger partial charge in [-0.05, 0) is 24.1 Å². The Bertz CT molecular complexity index is 513. The van der Waals surface area contributed by atoms with E-state index in [1.807, 2.05) is 0 Å². The molecule has 0 spiro atoms. The second-order valence-corrected chi connectivity index (χ2v) is 5.17. The zero-order valence-electron chi connectivity index (χ0n) is 12.4. The maximum atomic E-state index is 11.8. The molecule has 0 fully saturated rings. The van der Waals surface area contributed by atoms with Crippen molar-refractivity contribution in [2.75, 3.05) is 7.11 Å². The Hall–Kier alpha value is -2.24. The number of rotatable bonds is 6. The minimum absolute atomic E-state index is 0.0383. The van der Waals surface area contributed by atoms with Gasteiger partial charge in [0.2, 0.25) is 5.91 Å². The standard InChI is InChI=1S/C15H21NO5/c1-9(2)15(20)16-11(8-14(19)21-3)6-10-4-5-12(17)13(18)7-10/h4-5,7,9,11,17-18H,6,8H2,1-3H3,(H,16,20). The molecule has 116 valence electrons. The van der Waals surface area contributed by atoms with Crippen LogP contribution in [0.2, 0.25) is 0 Å². The highest BCUT2D eigenvalue weighted by Gasteiger charge is 2.19. The molecule has 1 aromatic carbocycles. The molecule has 0 radical (unpaired) electrons. The molecule has 21 heavy (non-hydrogen) atoms. The first-order chi connectivity index (χ1) is 9.83. The number of esters is 1. The van der Waals surface area contributed by atoms with E-state index in [-0.39, 0.29) is 29.7 Å². The molecule has 0 aromatic heterocycles. The molecule has 0 aliphatic heterocycles. The summed E-state index contributed by atoms with van der Waals surface area (Å²) in [6, 6.07) is 3.96. The van der Waals surface area contributed by atoms with Crippen LogP contribution in [-0.2, 0) is 20.7 Å². The van der Waals surface area contributed by atoms with E-state index >= 15 is 0 Å². The third kappa shape index (κ3) is 5.33. The fourth-order valence-corrected chi connectivity index (χ4v) is 1.81. The summed E-state index contributed by atoms with van der Waals surface area (Å²) in [5, 5.41) is 21.5. The number of amides is 1. The van der Waals surface area contributed by atoms with Crippen LogP contribution in [0.25, 0.3) is 0 Å². The zero-order chi connectivity index (χ0) is 16.0. The van der Waals surface area contributed by atoms with Crippen molar-refractivity contribution in [1.29, 1.82) is 0 Å². The second-order valence-electron chi connectivity index (χ2n) is 5.17. The van der Waals surface area contributed by atoms with Gasteiger partial charge in [0, 0.05) is 12.0 Å². The van der Waals surface area contributed by atoms with E-state index in [1.165, 1.54) is 19.2 Å². The summed E-state index contributed by atoms with van der Waals surface area (Å²) in [6.07, 6.45) is 0.387. The molecule has 0 aliphatic rings. The lowest BCUT2D eigenvalue weighted by Crippen LogP contribution is -2.40. The maximum Gasteiger partial charge on any atom is 0.307 e. The summed E-state index contributed by atoms with van der Waals surface area (Å²) in [4.78, 5) is 23.2. The quantitative estimate of drug-likeness (QED) is 0.544. The van der Waals surface area contributed by atoms with Gasteiger partial charge in [-0.3, -0.25) is 9.59 Å². The molecule has 1 unspecified atom stereocenters. The predicted octanol–water partition coefficient (Wildman–Crippen LogP) is 1.34. The van der Waals surface area contributed by atoms with Gasteiger partial charge in [0.15, 0.2) is 11.5 Å². The van der Waals surface area contributed by atoms with E-state index < -0.39 is 12.0 Å². The Balaban J connectivity index is 2.82. The van der Waals surface area contributed by atoms with Crippen LogP contribution in [0.5, 0.6) is 11.5 Å². The Kier molecular flexibility index (Phi) is 6.02. The molecule has 0 bridgehead atoms. The first-order valence-electron chi connectivity index (χ1n) is 6.71. The van der Waals surface area contributed by atoms with Crippen molar-refractivity contribution in [3.05, 3.63) is 23.8 Å². The summed E-state index contributed by atoms with van der Waals surface area (Å²) in [6.45, 7) is 3.52. The fraction of sp³-hybridized carbons (Fsp3) is 0.467. The molecule has 6 heteroatoms. The lowest BCUT2D eigenvalue weighted by atomic mass is 10.0. The number of hydrogen-bond acceptors (Lipinski definition) is 5. The molecule has 0 aliphatic carbocycles.